The summed E-state index contributed by atoms with van der Waals surface area (Å²) >= 11 is 5.85. The van der Waals surface area contributed by atoms with Crippen LogP contribution in [0.3, 0.4) is 0 Å². The summed E-state index contributed by atoms with van der Waals surface area (Å²) in [5.74, 6) is 0. The molecule has 2 rings (SSSR count). The number of hydrogen-bond donors (Lipinski definition) is 2. The van der Waals surface area contributed by atoms with Crippen LogP contribution in [0.2, 0.25) is 5.02 Å². The van der Waals surface area contributed by atoms with Crippen molar-refractivity contribution in [2.75, 3.05) is 19.8 Å². The van der Waals surface area contributed by atoms with Gasteiger partial charge in [0.05, 0.1) is 24.2 Å². The van der Waals surface area contributed by atoms with Crippen LogP contribution in [0.4, 0.5) is 0 Å². The minimum Gasteiger partial charge on any atom is -0.394 e. The first-order valence-corrected chi connectivity index (χ1v) is 9.33. The third kappa shape index (κ3) is 5.29. The van der Waals surface area contributed by atoms with Gasteiger partial charge >= 0.3 is 0 Å². The molecule has 0 spiro atoms. The van der Waals surface area contributed by atoms with Crippen LogP contribution < -0.4 is 4.72 Å². The highest BCUT2D eigenvalue weighted by Gasteiger charge is 2.19. The van der Waals surface area contributed by atoms with Crippen molar-refractivity contribution in [3.63, 3.8) is 0 Å². The minimum absolute atomic E-state index is 0.0535. The van der Waals surface area contributed by atoms with E-state index in [4.69, 9.17) is 21.4 Å². The van der Waals surface area contributed by atoms with Gasteiger partial charge in [-0.3, -0.25) is 0 Å². The predicted octanol–water partition coefficient (Wildman–Crippen LogP) is 2.68. The zero-order chi connectivity index (χ0) is 17.6. The Morgan fingerprint density at radius 1 is 1.21 bits per heavy atom. The lowest BCUT2D eigenvalue weighted by atomic mass is 10.1. The molecule has 1 unspecified atom stereocenters. The van der Waals surface area contributed by atoms with Gasteiger partial charge in [-0.05, 0) is 30.7 Å². The van der Waals surface area contributed by atoms with Crippen molar-refractivity contribution in [2.45, 2.75) is 17.9 Å². The number of rotatable bonds is 8. The van der Waals surface area contributed by atoms with E-state index >= 15 is 0 Å². The fourth-order valence-electron chi connectivity index (χ4n) is 2.15. The van der Waals surface area contributed by atoms with E-state index in [1.165, 1.54) is 12.1 Å². The van der Waals surface area contributed by atoms with Gasteiger partial charge in [-0.2, -0.15) is 0 Å². The second-order valence-corrected chi connectivity index (χ2v) is 7.51. The summed E-state index contributed by atoms with van der Waals surface area (Å²) in [6.45, 7) is 2.01. The van der Waals surface area contributed by atoms with Crippen molar-refractivity contribution in [3.8, 4) is 0 Å². The van der Waals surface area contributed by atoms with Crippen molar-refractivity contribution in [1.82, 2.24) is 4.72 Å². The monoisotopic (exact) mass is 369 g/mol. The molecule has 0 aliphatic rings. The Labute approximate surface area is 147 Å². The number of nitrogens with one attached hydrogen (secondary N) is 1. The van der Waals surface area contributed by atoms with E-state index in [9.17, 15) is 8.42 Å². The molecule has 0 saturated carbocycles. The smallest absolute Gasteiger partial charge is 0.240 e. The summed E-state index contributed by atoms with van der Waals surface area (Å²) in [6.07, 6.45) is -0.494. The van der Waals surface area contributed by atoms with Gasteiger partial charge in [-0.1, -0.05) is 47.5 Å². The normalized spacial score (nSPS) is 13.0. The molecule has 0 amide bonds. The third-order valence-corrected chi connectivity index (χ3v) is 5.08. The van der Waals surface area contributed by atoms with Gasteiger partial charge in [0.1, 0.15) is 0 Å². The lowest BCUT2D eigenvalue weighted by Gasteiger charge is -2.19. The van der Waals surface area contributed by atoms with Crippen molar-refractivity contribution >= 4 is 21.6 Å². The van der Waals surface area contributed by atoms with E-state index in [2.05, 4.69) is 4.72 Å². The van der Waals surface area contributed by atoms with E-state index in [0.717, 1.165) is 11.1 Å². The first kappa shape index (κ1) is 18.9. The average molecular weight is 370 g/mol. The lowest BCUT2D eigenvalue weighted by molar-refractivity contribution is 0.0309. The van der Waals surface area contributed by atoms with E-state index in [1.54, 1.807) is 12.1 Å². The van der Waals surface area contributed by atoms with Crippen molar-refractivity contribution in [2.24, 2.45) is 0 Å². The Hall–Kier alpha value is -1.44. The molecule has 24 heavy (non-hydrogen) atoms. The summed E-state index contributed by atoms with van der Waals surface area (Å²) in [5.41, 5.74) is 1.93. The molecule has 0 aliphatic heterocycles. The lowest BCUT2D eigenvalue weighted by Crippen LogP contribution is -2.30. The van der Waals surface area contributed by atoms with Crippen LogP contribution in [0, 0.1) is 6.92 Å². The second kappa shape index (κ2) is 8.60. The van der Waals surface area contributed by atoms with Crippen LogP contribution >= 0.6 is 11.6 Å². The molecule has 0 saturated heterocycles. The van der Waals surface area contributed by atoms with Crippen LogP contribution in [0.25, 0.3) is 0 Å². The maximum atomic E-state index is 12.4. The summed E-state index contributed by atoms with van der Waals surface area (Å²) < 4.78 is 32.8. The van der Waals surface area contributed by atoms with Gasteiger partial charge < -0.3 is 9.84 Å². The number of aryl methyl sites for hydroxylation is 1. The Morgan fingerprint density at radius 3 is 2.54 bits per heavy atom. The number of aliphatic hydroxyl groups excluding tert-OH is 1. The highest BCUT2D eigenvalue weighted by molar-refractivity contribution is 7.89. The van der Waals surface area contributed by atoms with Crippen molar-refractivity contribution in [1.29, 1.82) is 0 Å². The second-order valence-electron chi connectivity index (χ2n) is 5.30. The van der Waals surface area contributed by atoms with Gasteiger partial charge in [-0.25, -0.2) is 13.1 Å². The van der Waals surface area contributed by atoms with Crippen LogP contribution in [0.15, 0.2) is 53.4 Å². The predicted molar refractivity (Wildman–Crippen MR) is 93.6 cm³/mol. The molecule has 0 aromatic heterocycles. The Kier molecular flexibility index (Phi) is 6.77. The Morgan fingerprint density at radius 2 is 1.92 bits per heavy atom. The fraction of sp³-hybridized carbons (Fsp3) is 0.294. The van der Waals surface area contributed by atoms with Crippen LogP contribution in [-0.2, 0) is 14.8 Å². The number of halogens is 1. The minimum atomic E-state index is -3.70. The zero-order valence-corrected chi connectivity index (χ0v) is 14.8. The Bertz CT molecular complexity index is 762. The molecule has 1 atom stereocenters. The topological polar surface area (TPSA) is 75.6 Å². The van der Waals surface area contributed by atoms with Gasteiger partial charge in [0.25, 0.3) is 0 Å². The molecule has 7 heteroatoms. The molecule has 2 aromatic rings. The molecular formula is C17H20ClNO4S. The molecule has 0 bridgehead atoms. The van der Waals surface area contributed by atoms with E-state index in [0.29, 0.717) is 5.02 Å². The summed E-state index contributed by atoms with van der Waals surface area (Å²) in [4.78, 5) is 0.0971. The maximum Gasteiger partial charge on any atom is 0.240 e. The highest BCUT2D eigenvalue weighted by Crippen LogP contribution is 2.19. The standard InChI is InChI=1S/C17H20ClNO4S/c1-13-5-7-14(8-6-13)17(23-10-9-20)12-19-24(21,22)16-4-2-3-15(18)11-16/h2-8,11,17,19-20H,9-10,12H2,1H3. The molecule has 2 N–H and O–H groups in total. The fourth-order valence-corrected chi connectivity index (χ4v) is 3.48. The average Bonchev–Trinajstić information content (AvgIpc) is 2.56. The SMILES string of the molecule is Cc1ccc(C(CNS(=O)(=O)c2cccc(Cl)c2)OCCO)cc1. The van der Waals surface area contributed by atoms with E-state index in [1.807, 2.05) is 31.2 Å². The maximum absolute atomic E-state index is 12.4. The number of hydrogen-bond acceptors (Lipinski definition) is 4. The summed E-state index contributed by atoms with van der Waals surface area (Å²) in [7, 11) is -3.70. The Balaban J connectivity index is 2.13. The van der Waals surface area contributed by atoms with E-state index in [-0.39, 0.29) is 24.7 Å². The zero-order valence-electron chi connectivity index (χ0n) is 13.3. The van der Waals surface area contributed by atoms with Crippen LogP contribution in [-0.4, -0.2) is 33.3 Å². The summed E-state index contributed by atoms with van der Waals surface area (Å²) in [6, 6.07) is 13.7. The van der Waals surface area contributed by atoms with Gasteiger partial charge in [0.15, 0.2) is 0 Å². The molecule has 2 aromatic carbocycles. The van der Waals surface area contributed by atoms with Crippen molar-refractivity contribution < 1.29 is 18.3 Å². The molecular weight excluding hydrogens is 350 g/mol. The molecule has 0 fully saturated rings. The number of ether oxygens (including phenoxy) is 1. The number of aliphatic hydroxyl groups is 1. The van der Waals surface area contributed by atoms with Crippen molar-refractivity contribution in [3.05, 3.63) is 64.7 Å². The largest absolute Gasteiger partial charge is 0.394 e. The molecule has 0 heterocycles. The number of benzene rings is 2. The van der Waals surface area contributed by atoms with E-state index < -0.39 is 16.1 Å². The van der Waals surface area contributed by atoms with Gasteiger partial charge in [0.2, 0.25) is 10.0 Å². The van der Waals surface area contributed by atoms with Crippen LogP contribution in [0.1, 0.15) is 17.2 Å². The quantitative estimate of drug-likeness (QED) is 0.750. The first-order valence-electron chi connectivity index (χ1n) is 7.46. The molecule has 5 nitrogen and oxygen atoms in total. The first-order chi connectivity index (χ1) is 11.4. The molecule has 0 aliphatic carbocycles. The number of sulfonamides is 1. The van der Waals surface area contributed by atoms with Gasteiger partial charge in [0, 0.05) is 11.6 Å². The summed E-state index contributed by atoms with van der Waals surface area (Å²) in [5, 5.41) is 9.32. The highest BCUT2D eigenvalue weighted by atomic mass is 35.5. The third-order valence-electron chi connectivity index (χ3n) is 3.42. The van der Waals surface area contributed by atoms with Crippen LogP contribution in [0.5, 0.6) is 0 Å². The molecule has 130 valence electrons. The molecule has 0 radical (unpaired) electrons. The van der Waals surface area contributed by atoms with Gasteiger partial charge in [-0.15, -0.1) is 0 Å².